The van der Waals surface area contributed by atoms with E-state index < -0.39 is 0 Å². The average Bonchev–Trinajstić information content (AvgIpc) is 2.38. The van der Waals surface area contributed by atoms with Crippen molar-refractivity contribution >= 4 is 11.6 Å². The molecule has 2 aromatic rings. The number of hydrogen-bond donors (Lipinski definition) is 1. The van der Waals surface area contributed by atoms with Crippen LogP contribution in [0.25, 0.3) is 0 Å². The van der Waals surface area contributed by atoms with Crippen LogP contribution >= 0.6 is 11.6 Å². The molecular formula is C15H17ClN2O. The van der Waals surface area contributed by atoms with Crippen LogP contribution in [0.15, 0.2) is 42.7 Å². The number of nitrogens with zero attached hydrogens (tertiary/aromatic N) is 1. The first-order valence-corrected chi connectivity index (χ1v) is 6.62. The Bertz CT molecular complexity index is 543. The van der Waals surface area contributed by atoms with Crippen LogP contribution in [0, 0.1) is 0 Å². The van der Waals surface area contributed by atoms with E-state index in [1.165, 1.54) is 0 Å². The second kappa shape index (κ2) is 6.55. The lowest BCUT2D eigenvalue weighted by molar-refractivity contribution is 0.467. The van der Waals surface area contributed by atoms with Crippen LogP contribution in [-0.2, 0) is 6.54 Å². The maximum absolute atomic E-state index is 5.90. The molecule has 0 spiro atoms. The van der Waals surface area contributed by atoms with E-state index >= 15 is 0 Å². The Labute approximate surface area is 118 Å². The highest BCUT2D eigenvalue weighted by molar-refractivity contribution is 6.30. The van der Waals surface area contributed by atoms with Gasteiger partial charge in [-0.15, -0.1) is 0 Å². The first kappa shape index (κ1) is 13.8. The van der Waals surface area contributed by atoms with E-state index in [1.54, 1.807) is 18.5 Å². The molecule has 0 saturated carbocycles. The number of hydrogen-bond acceptors (Lipinski definition) is 3. The highest BCUT2D eigenvalue weighted by atomic mass is 35.5. The van der Waals surface area contributed by atoms with Gasteiger partial charge < -0.3 is 10.1 Å². The van der Waals surface area contributed by atoms with Crippen molar-refractivity contribution in [3.05, 3.63) is 53.3 Å². The topological polar surface area (TPSA) is 34.1 Å². The number of pyridine rings is 1. The lowest BCUT2D eigenvalue weighted by Crippen LogP contribution is -2.22. The van der Waals surface area contributed by atoms with E-state index in [0.29, 0.717) is 16.8 Å². The summed E-state index contributed by atoms with van der Waals surface area (Å²) in [4.78, 5) is 4.01. The van der Waals surface area contributed by atoms with Gasteiger partial charge in [0.15, 0.2) is 0 Å². The number of ether oxygens (including phenoxy) is 1. The van der Waals surface area contributed by atoms with Crippen molar-refractivity contribution in [3.63, 3.8) is 0 Å². The summed E-state index contributed by atoms with van der Waals surface area (Å²) in [6.45, 7) is 5.00. The molecule has 1 heterocycles. The van der Waals surface area contributed by atoms with Gasteiger partial charge in [-0.05, 0) is 6.07 Å². The Morgan fingerprint density at radius 3 is 2.79 bits per heavy atom. The maximum atomic E-state index is 5.90. The fraction of sp³-hybridized carbons (Fsp3) is 0.267. The third-order valence-electron chi connectivity index (χ3n) is 2.58. The van der Waals surface area contributed by atoms with Gasteiger partial charge in [0, 0.05) is 30.4 Å². The van der Waals surface area contributed by atoms with E-state index in [4.69, 9.17) is 16.3 Å². The molecule has 0 aliphatic rings. The first-order valence-electron chi connectivity index (χ1n) is 6.25. The van der Waals surface area contributed by atoms with Crippen LogP contribution in [0.4, 0.5) is 0 Å². The van der Waals surface area contributed by atoms with Crippen molar-refractivity contribution in [2.24, 2.45) is 0 Å². The van der Waals surface area contributed by atoms with Gasteiger partial charge >= 0.3 is 0 Å². The molecule has 2 rings (SSSR count). The summed E-state index contributed by atoms with van der Waals surface area (Å²) in [6.07, 6.45) is 3.24. The number of benzene rings is 1. The van der Waals surface area contributed by atoms with Gasteiger partial charge in [-0.2, -0.15) is 0 Å². The summed E-state index contributed by atoms with van der Waals surface area (Å²) >= 11 is 5.90. The minimum Gasteiger partial charge on any atom is -0.455 e. The second-order valence-electron chi connectivity index (χ2n) is 4.58. The zero-order valence-corrected chi connectivity index (χ0v) is 11.8. The predicted molar refractivity (Wildman–Crippen MR) is 77.7 cm³/mol. The number of para-hydroxylation sites is 1. The fourth-order valence-electron chi connectivity index (χ4n) is 1.64. The predicted octanol–water partition coefficient (Wildman–Crippen LogP) is 4.03. The monoisotopic (exact) mass is 276 g/mol. The quantitative estimate of drug-likeness (QED) is 0.895. The molecule has 0 unspecified atom stereocenters. The van der Waals surface area contributed by atoms with Gasteiger partial charge in [0.25, 0.3) is 0 Å². The summed E-state index contributed by atoms with van der Waals surface area (Å²) in [5.41, 5.74) is 1.11. The van der Waals surface area contributed by atoms with Crippen LogP contribution in [-0.4, -0.2) is 11.0 Å². The molecule has 1 aromatic heterocycles. The fourth-order valence-corrected chi connectivity index (χ4v) is 1.80. The number of halogens is 1. The van der Waals surface area contributed by atoms with E-state index in [9.17, 15) is 0 Å². The van der Waals surface area contributed by atoms with E-state index in [2.05, 4.69) is 24.1 Å². The molecule has 0 radical (unpaired) electrons. The van der Waals surface area contributed by atoms with Crippen molar-refractivity contribution < 1.29 is 4.74 Å². The Hall–Kier alpha value is -1.58. The van der Waals surface area contributed by atoms with Crippen molar-refractivity contribution in [3.8, 4) is 11.5 Å². The molecule has 4 heteroatoms. The maximum Gasteiger partial charge on any atom is 0.147 e. The second-order valence-corrected chi connectivity index (χ2v) is 5.02. The molecule has 0 bridgehead atoms. The van der Waals surface area contributed by atoms with E-state index in [-0.39, 0.29) is 0 Å². The van der Waals surface area contributed by atoms with Crippen LogP contribution in [0.5, 0.6) is 11.5 Å². The van der Waals surface area contributed by atoms with Gasteiger partial charge in [-0.3, -0.25) is 4.98 Å². The summed E-state index contributed by atoms with van der Waals surface area (Å²) in [7, 11) is 0. The normalized spacial score (nSPS) is 10.7. The molecule has 100 valence electrons. The summed E-state index contributed by atoms with van der Waals surface area (Å²) in [5, 5.41) is 3.94. The Morgan fingerprint density at radius 2 is 2.05 bits per heavy atom. The molecule has 3 nitrogen and oxygen atoms in total. The molecular weight excluding hydrogens is 260 g/mol. The van der Waals surface area contributed by atoms with Crippen LogP contribution < -0.4 is 10.1 Å². The zero-order chi connectivity index (χ0) is 13.7. The van der Waals surface area contributed by atoms with Gasteiger partial charge in [0.2, 0.25) is 0 Å². The van der Waals surface area contributed by atoms with E-state index in [1.807, 2.05) is 24.3 Å². The van der Waals surface area contributed by atoms with Crippen LogP contribution in [0.1, 0.15) is 19.4 Å². The Morgan fingerprint density at radius 1 is 1.26 bits per heavy atom. The highest BCUT2D eigenvalue weighted by Crippen LogP contribution is 2.26. The molecule has 1 N–H and O–H groups in total. The smallest absolute Gasteiger partial charge is 0.147 e. The average molecular weight is 277 g/mol. The minimum absolute atomic E-state index is 0.431. The van der Waals surface area contributed by atoms with Gasteiger partial charge in [-0.1, -0.05) is 43.6 Å². The molecule has 0 amide bonds. The number of aromatic nitrogens is 1. The SMILES string of the molecule is CC(C)NCc1ccccc1Oc1cncc(Cl)c1. The lowest BCUT2D eigenvalue weighted by atomic mass is 10.2. The van der Waals surface area contributed by atoms with Crippen molar-refractivity contribution in [1.29, 1.82) is 0 Å². The molecule has 0 saturated heterocycles. The molecule has 0 aliphatic carbocycles. The molecule has 0 fully saturated rings. The third kappa shape index (κ3) is 4.23. The lowest BCUT2D eigenvalue weighted by Gasteiger charge is -2.13. The van der Waals surface area contributed by atoms with Gasteiger partial charge in [0.1, 0.15) is 11.5 Å². The van der Waals surface area contributed by atoms with Crippen LogP contribution in [0.2, 0.25) is 5.02 Å². The van der Waals surface area contributed by atoms with Gasteiger partial charge in [0.05, 0.1) is 11.2 Å². The molecule has 0 atom stereocenters. The number of nitrogens with one attached hydrogen (secondary N) is 1. The molecule has 0 aliphatic heterocycles. The standard InChI is InChI=1S/C15H17ClN2O/c1-11(2)18-8-12-5-3-4-6-15(12)19-14-7-13(16)9-17-10-14/h3-7,9-11,18H,8H2,1-2H3. The molecule has 19 heavy (non-hydrogen) atoms. The van der Waals surface area contributed by atoms with Crippen molar-refractivity contribution in [2.75, 3.05) is 0 Å². The summed E-state index contributed by atoms with van der Waals surface area (Å²) < 4.78 is 5.84. The summed E-state index contributed by atoms with van der Waals surface area (Å²) in [6, 6.07) is 10.1. The summed E-state index contributed by atoms with van der Waals surface area (Å²) in [5.74, 6) is 1.46. The van der Waals surface area contributed by atoms with Crippen LogP contribution in [0.3, 0.4) is 0 Å². The Balaban J connectivity index is 2.15. The number of rotatable bonds is 5. The van der Waals surface area contributed by atoms with Crippen molar-refractivity contribution in [2.45, 2.75) is 26.4 Å². The van der Waals surface area contributed by atoms with E-state index in [0.717, 1.165) is 17.9 Å². The largest absolute Gasteiger partial charge is 0.455 e. The highest BCUT2D eigenvalue weighted by Gasteiger charge is 2.05. The van der Waals surface area contributed by atoms with Gasteiger partial charge in [-0.25, -0.2) is 0 Å². The molecule has 1 aromatic carbocycles. The zero-order valence-electron chi connectivity index (χ0n) is 11.1. The Kier molecular flexibility index (Phi) is 4.77. The first-order chi connectivity index (χ1) is 9.15. The minimum atomic E-state index is 0.431. The van der Waals surface area contributed by atoms with Crippen molar-refractivity contribution in [1.82, 2.24) is 10.3 Å². The third-order valence-corrected chi connectivity index (χ3v) is 2.79.